The van der Waals surface area contributed by atoms with Crippen LogP contribution >= 0.6 is 0 Å². The van der Waals surface area contributed by atoms with Crippen LogP contribution in [0.4, 0.5) is 5.69 Å². The number of benzene rings is 1. The number of anilines is 1. The number of nitrogens with one attached hydrogen (secondary N) is 1. The van der Waals surface area contributed by atoms with Crippen molar-refractivity contribution in [3.63, 3.8) is 0 Å². The minimum atomic E-state index is -0.145. The fourth-order valence-electron chi connectivity index (χ4n) is 2.62. The van der Waals surface area contributed by atoms with Crippen molar-refractivity contribution in [3.8, 4) is 0 Å². The molecule has 2 heterocycles. The van der Waals surface area contributed by atoms with Gasteiger partial charge in [-0.1, -0.05) is 0 Å². The number of H-pyrrole nitrogens is 1. The highest BCUT2D eigenvalue weighted by Gasteiger charge is 2.30. The molecule has 1 aliphatic heterocycles. The molecule has 1 aromatic carbocycles. The summed E-state index contributed by atoms with van der Waals surface area (Å²) in [6.45, 7) is 0.664. The van der Waals surface area contributed by atoms with Gasteiger partial charge in [-0.2, -0.15) is 5.10 Å². The highest BCUT2D eigenvalue weighted by molar-refractivity contribution is 6.05. The molecule has 0 bridgehead atoms. The van der Waals surface area contributed by atoms with E-state index in [-0.39, 0.29) is 18.6 Å². The summed E-state index contributed by atoms with van der Waals surface area (Å²) in [5.41, 5.74) is 7.52. The maximum absolute atomic E-state index is 12.5. The van der Waals surface area contributed by atoms with E-state index in [0.29, 0.717) is 17.9 Å². The van der Waals surface area contributed by atoms with E-state index < -0.39 is 0 Å². The van der Waals surface area contributed by atoms with Crippen LogP contribution in [0, 0.1) is 0 Å². The molecule has 0 radical (unpaired) electrons. The van der Waals surface area contributed by atoms with Crippen LogP contribution in [0.25, 0.3) is 10.9 Å². The van der Waals surface area contributed by atoms with Gasteiger partial charge in [-0.3, -0.25) is 9.89 Å². The summed E-state index contributed by atoms with van der Waals surface area (Å²) in [4.78, 5) is 14.2. The van der Waals surface area contributed by atoms with Gasteiger partial charge in [0.15, 0.2) is 5.69 Å². The topological polar surface area (TPSA) is 95.2 Å². The van der Waals surface area contributed by atoms with Crippen LogP contribution in [0.3, 0.4) is 0 Å². The highest BCUT2D eigenvalue weighted by Crippen LogP contribution is 2.24. The third kappa shape index (κ3) is 1.94. The van der Waals surface area contributed by atoms with Crippen molar-refractivity contribution in [2.24, 2.45) is 0 Å². The van der Waals surface area contributed by atoms with Gasteiger partial charge < -0.3 is 15.7 Å². The second-order valence-corrected chi connectivity index (χ2v) is 4.85. The number of nitrogen functional groups attached to an aromatic ring is 1. The number of nitrogens with zero attached hydrogens (tertiary/aromatic N) is 2. The van der Waals surface area contributed by atoms with E-state index in [4.69, 9.17) is 5.73 Å². The molecule has 100 valence electrons. The predicted octanol–water partition coefficient (Wildman–Crippen LogP) is 0.742. The third-order valence-corrected chi connectivity index (χ3v) is 3.64. The van der Waals surface area contributed by atoms with Gasteiger partial charge in [0.1, 0.15) is 0 Å². The zero-order valence-corrected chi connectivity index (χ0v) is 10.5. The van der Waals surface area contributed by atoms with Crippen LogP contribution in [0.1, 0.15) is 23.3 Å². The average Bonchev–Trinajstić information content (AvgIpc) is 3.03. The number of aromatic amines is 1. The van der Waals surface area contributed by atoms with Crippen molar-refractivity contribution >= 4 is 22.5 Å². The smallest absolute Gasteiger partial charge is 0.275 e. The molecule has 1 amide bonds. The summed E-state index contributed by atoms with van der Waals surface area (Å²) in [5, 5.41) is 17.0. The zero-order chi connectivity index (χ0) is 13.4. The van der Waals surface area contributed by atoms with Gasteiger partial charge in [0.05, 0.1) is 18.2 Å². The predicted molar refractivity (Wildman–Crippen MR) is 71.7 cm³/mol. The van der Waals surface area contributed by atoms with Crippen LogP contribution in [0.5, 0.6) is 0 Å². The number of carbonyl (C=O) groups excluding carboxylic acids is 1. The van der Waals surface area contributed by atoms with Crippen LogP contribution in [0.15, 0.2) is 18.2 Å². The quantitative estimate of drug-likeness (QED) is 0.694. The summed E-state index contributed by atoms with van der Waals surface area (Å²) in [7, 11) is 0. The lowest BCUT2D eigenvalue weighted by Gasteiger charge is -2.22. The number of nitrogens with two attached hydrogens (primary N) is 1. The standard InChI is InChI=1S/C13H16N4O2/c14-8-3-4-11-10(6-8)12(16-15-11)13(19)17-5-1-2-9(17)7-18/h3-4,6,9,18H,1-2,5,7,14H2,(H,15,16)/t9-/m1/s1. The highest BCUT2D eigenvalue weighted by atomic mass is 16.3. The maximum atomic E-state index is 12.5. The lowest BCUT2D eigenvalue weighted by molar-refractivity contribution is 0.0673. The Morgan fingerprint density at radius 1 is 1.58 bits per heavy atom. The van der Waals surface area contributed by atoms with Crippen molar-refractivity contribution in [1.82, 2.24) is 15.1 Å². The Labute approximate surface area is 110 Å². The van der Waals surface area contributed by atoms with E-state index in [9.17, 15) is 9.90 Å². The molecule has 0 aliphatic carbocycles. The van der Waals surface area contributed by atoms with E-state index in [2.05, 4.69) is 10.2 Å². The average molecular weight is 260 g/mol. The molecule has 1 aliphatic rings. The van der Waals surface area contributed by atoms with E-state index >= 15 is 0 Å². The van der Waals surface area contributed by atoms with Crippen LogP contribution in [-0.2, 0) is 0 Å². The molecule has 6 heteroatoms. The van der Waals surface area contributed by atoms with Gasteiger partial charge >= 0.3 is 0 Å². The number of carbonyl (C=O) groups is 1. The summed E-state index contributed by atoms with van der Waals surface area (Å²) in [6.07, 6.45) is 1.76. The van der Waals surface area contributed by atoms with Gasteiger partial charge in [-0.05, 0) is 31.0 Å². The molecule has 4 N–H and O–H groups in total. The van der Waals surface area contributed by atoms with Gasteiger partial charge in [0.25, 0.3) is 5.91 Å². The fraction of sp³-hybridized carbons (Fsp3) is 0.385. The van der Waals surface area contributed by atoms with E-state index in [0.717, 1.165) is 23.7 Å². The third-order valence-electron chi connectivity index (χ3n) is 3.64. The number of aromatic nitrogens is 2. The Morgan fingerprint density at radius 2 is 2.42 bits per heavy atom. The van der Waals surface area contributed by atoms with Gasteiger partial charge in [-0.25, -0.2) is 0 Å². The largest absolute Gasteiger partial charge is 0.399 e. The number of hydrogen-bond donors (Lipinski definition) is 3. The van der Waals surface area contributed by atoms with E-state index in [1.807, 2.05) is 6.07 Å². The molecule has 6 nitrogen and oxygen atoms in total. The Hall–Kier alpha value is -2.08. The fourth-order valence-corrected chi connectivity index (χ4v) is 2.62. The minimum absolute atomic E-state index is 0.00374. The zero-order valence-electron chi connectivity index (χ0n) is 10.5. The number of hydrogen-bond acceptors (Lipinski definition) is 4. The van der Waals surface area contributed by atoms with Gasteiger partial charge in [-0.15, -0.1) is 0 Å². The number of aliphatic hydroxyl groups is 1. The first kappa shape index (κ1) is 12.0. The molecular formula is C13H16N4O2. The van der Waals surface area contributed by atoms with Gasteiger partial charge in [0, 0.05) is 17.6 Å². The first-order valence-corrected chi connectivity index (χ1v) is 6.36. The Bertz CT molecular complexity index is 622. The summed E-state index contributed by atoms with van der Waals surface area (Å²) < 4.78 is 0. The van der Waals surface area contributed by atoms with Crippen LogP contribution in [0.2, 0.25) is 0 Å². The molecule has 1 fully saturated rings. The van der Waals surface area contributed by atoms with Gasteiger partial charge in [0.2, 0.25) is 0 Å². The van der Waals surface area contributed by atoms with Crippen molar-refractivity contribution < 1.29 is 9.90 Å². The van der Waals surface area contributed by atoms with E-state index in [1.165, 1.54) is 0 Å². The van der Waals surface area contributed by atoms with Crippen LogP contribution < -0.4 is 5.73 Å². The molecule has 3 rings (SSSR count). The SMILES string of the molecule is Nc1ccc2[nH]nc(C(=O)N3CCC[C@@H]3CO)c2c1. The minimum Gasteiger partial charge on any atom is -0.399 e. The van der Waals surface area contributed by atoms with Crippen molar-refractivity contribution in [1.29, 1.82) is 0 Å². The second kappa shape index (κ2) is 4.55. The molecule has 0 unspecified atom stereocenters. The number of likely N-dealkylation sites (tertiary alicyclic amines) is 1. The lowest BCUT2D eigenvalue weighted by atomic mass is 10.1. The molecule has 1 aromatic heterocycles. The molecule has 19 heavy (non-hydrogen) atoms. The summed E-state index contributed by atoms with van der Waals surface area (Å²) in [6, 6.07) is 5.22. The maximum Gasteiger partial charge on any atom is 0.275 e. The Morgan fingerprint density at radius 3 is 3.21 bits per heavy atom. The molecule has 0 spiro atoms. The first-order chi connectivity index (χ1) is 9.20. The number of fused-ring (bicyclic) bond motifs is 1. The Kier molecular flexibility index (Phi) is 2.87. The van der Waals surface area contributed by atoms with Crippen LogP contribution in [-0.4, -0.2) is 45.3 Å². The lowest BCUT2D eigenvalue weighted by Crippen LogP contribution is -2.37. The summed E-state index contributed by atoms with van der Waals surface area (Å²) >= 11 is 0. The molecular weight excluding hydrogens is 244 g/mol. The Balaban J connectivity index is 1.99. The number of amides is 1. The normalized spacial score (nSPS) is 19.2. The number of aliphatic hydroxyl groups excluding tert-OH is 1. The molecule has 1 atom stereocenters. The van der Waals surface area contributed by atoms with Crippen molar-refractivity contribution in [2.45, 2.75) is 18.9 Å². The molecule has 1 saturated heterocycles. The number of rotatable bonds is 2. The van der Waals surface area contributed by atoms with E-state index in [1.54, 1.807) is 17.0 Å². The van der Waals surface area contributed by atoms with Crippen molar-refractivity contribution in [3.05, 3.63) is 23.9 Å². The molecule has 0 saturated carbocycles. The summed E-state index contributed by atoms with van der Waals surface area (Å²) in [5.74, 6) is -0.145. The van der Waals surface area contributed by atoms with Crippen molar-refractivity contribution in [2.75, 3.05) is 18.9 Å². The second-order valence-electron chi connectivity index (χ2n) is 4.85. The molecule has 2 aromatic rings. The monoisotopic (exact) mass is 260 g/mol. The first-order valence-electron chi connectivity index (χ1n) is 6.36.